The van der Waals surface area contributed by atoms with Crippen molar-refractivity contribution in [3.63, 3.8) is 0 Å². The summed E-state index contributed by atoms with van der Waals surface area (Å²) in [7, 11) is 3.28. The number of nitrogens with zero attached hydrogens (tertiary/aromatic N) is 5. The summed E-state index contributed by atoms with van der Waals surface area (Å²) in [6, 6.07) is 31.2. The molecule has 2 fully saturated rings. The summed E-state index contributed by atoms with van der Waals surface area (Å²) in [4.78, 5) is 45.4. The van der Waals surface area contributed by atoms with E-state index in [9.17, 15) is 14.4 Å². The molecule has 16 heteroatoms. The first kappa shape index (κ1) is 51.2. The summed E-state index contributed by atoms with van der Waals surface area (Å²) in [5.41, 5.74) is 3.28. The predicted octanol–water partition coefficient (Wildman–Crippen LogP) is 7.72. The van der Waals surface area contributed by atoms with Crippen molar-refractivity contribution in [1.82, 2.24) is 29.2 Å². The molecule has 0 aliphatic carbocycles. The largest absolute Gasteiger partial charge is 0.495 e. The van der Waals surface area contributed by atoms with E-state index < -0.39 is 5.60 Å². The van der Waals surface area contributed by atoms with Gasteiger partial charge in [-0.1, -0.05) is 36.4 Å². The number of benzene rings is 4. The zero-order chi connectivity index (χ0) is 50.9. The number of ether oxygens (including phenoxy) is 7. The normalized spacial score (nSPS) is 16.4. The highest BCUT2D eigenvalue weighted by Gasteiger charge is 2.32. The van der Waals surface area contributed by atoms with Crippen LogP contribution in [0, 0.1) is 0 Å². The van der Waals surface area contributed by atoms with Crippen LogP contribution in [0.3, 0.4) is 0 Å². The van der Waals surface area contributed by atoms with Gasteiger partial charge in [-0.3, -0.25) is 9.59 Å². The van der Waals surface area contributed by atoms with Crippen LogP contribution < -0.4 is 44.9 Å². The lowest BCUT2D eigenvalue weighted by Gasteiger charge is -2.39. The monoisotopic (exact) mass is 999 g/mol. The van der Waals surface area contributed by atoms with Gasteiger partial charge in [0.05, 0.1) is 25.3 Å². The lowest BCUT2D eigenvalue weighted by Crippen LogP contribution is -2.49. The van der Waals surface area contributed by atoms with E-state index in [4.69, 9.17) is 33.2 Å². The standard InChI is InChI=1S/C31H39N3O6.C26H31N3O4/c1-31(2,3)40-30(36)34(21-22-8-10-25-27(20-22)39-19-18-38-25)24-12-14-32(15-13-24)16-17-33-28(35)11-9-23-6-5-7-26(37-4)29(23)33;1-31-23-4-2-3-20-6-8-25(30)29(26(20)23)14-13-28-11-9-21(10-12-28)27-18-19-5-7-22-24(17-19)33-16-15-32-22/h5-11,20,24H,12-19,21H2,1-4H3;2-8,17,21,27H,9-16,18H2,1H3. The van der Waals surface area contributed by atoms with Crippen LogP contribution in [-0.2, 0) is 30.9 Å². The quantitative estimate of drug-likeness (QED) is 0.114. The summed E-state index contributed by atoms with van der Waals surface area (Å²) in [5, 5.41) is 5.69. The van der Waals surface area contributed by atoms with Crippen molar-refractivity contribution >= 4 is 27.9 Å². The van der Waals surface area contributed by atoms with Crippen molar-refractivity contribution in [1.29, 1.82) is 0 Å². The molecule has 2 aromatic heterocycles. The van der Waals surface area contributed by atoms with Gasteiger partial charge < -0.3 is 62.3 Å². The number of methoxy groups -OCH3 is 2. The Morgan fingerprint density at radius 3 is 1.59 bits per heavy atom. The lowest BCUT2D eigenvalue weighted by atomic mass is 10.0. The highest BCUT2D eigenvalue weighted by molar-refractivity contribution is 5.85. The van der Waals surface area contributed by atoms with Gasteiger partial charge in [-0.2, -0.15) is 0 Å². The highest BCUT2D eigenvalue weighted by atomic mass is 16.6. The third-order valence-corrected chi connectivity index (χ3v) is 14.0. The molecule has 0 saturated carbocycles. The van der Waals surface area contributed by atoms with E-state index in [0.29, 0.717) is 63.6 Å². The van der Waals surface area contributed by atoms with Crippen molar-refractivity contribution < 1.29 is 38.0 Å². The Morgan fingerprint density at radius 1 is 0.603 bits per heavy atom. The van der Waals surface area contributed by atoms with E-state index in [1.807, 2.05) is 103 Å². The van der Waals surface area contributed by atoms with Gasteiger partial charge in [0.25, 0.3) is 11.1 Å². The van der Waals surface area contributed by atoms with Gasteiger partial charge >= 0.3 is 6.09 Å². The molecular weight excluding hydrogens is 929 g/mol. The second kappa shape index (κ2) is 23.4. The molecule has 4 aromatic carbocycles. The van der Waals surface area contributed by atoms with Crippen LogP contribution in [-0.4, -0.2) is 128 Å². The van der Waals surface area contributed by atoms with Gasteiger partial charge in [0.15, 0.2) is 23.0 Å². The van der Waals surface area contributed by atoms with Crippen LogP contribution in [0.1, 0.15) is 57.6 Å². The number of amides is 1. The number of likely N-dealkylation sites (tertiary alicyclic amines) is 2. The second-order valence-corrected chi connectivity index (χ2v) is 20.1. The average molecular weight is 999 g/mol. The summed E-state index contributed by atoms with van der Waals surface area (Å²) in [6.45, 7) is 15.7. The second-order valence-electron chi connectivity index (χ2n) is 20.1. The Morgan fingerprint density at radius 2 is 1.08 bits per heavy atom. The van der Waals surface area contributed by atoms with Crippen LogP contribution in [0.25, 0.3) is 21.8 Å². The molecule has 1 amide bonds. The summed E-state index contributed by atoms with van der Waals surface area (Å²) in [6.07, 6.45) is 3.52. The Bertz CT molecular complexity index is 2970. The van der Waals surface area contributed by atoms with Gasteiger partial charge in [0.2, 0.25) is 0 Å². The number of hydrogen-bond donors (Lipinski definition) is 1. The molecule has 0 atom stereocenters. The molecule has 6 heterocycles. The molecule has 0 unspecified atom stereocenters. The number of carbonyl (C=O) groups is 1. The Labute approximate surface area is 427 Å². The molecule has 4 aliphatic rings. The van der Waals surface area contributed by atoms with Crippen molar-refractivity contribution in [2.45, 2.75) is 90.3 Å². The third-order valence-electron chi connectivity index (χ3n) is 14.0. The molecule has 0 radical (unpaired) electrons. The van der Waals surface area contributed by atoms with Crippen molar-refractivity contribution in [2.75, 3.05) is 79.9 Å². The molecule has 0 bridgehead atoms. The number of carbonyl (C=O) groups excluding carboxylic acids is 1. The Kier molecular flexibility index (Phi) is 16.4. The molecule has 2 saturated heterocycles. The van der Waals surface area contributed by atoms with Gasteiger partial charge in [0, 0.05) is 87.3 Å². The highest BCUT2D eigenvalue weighted by Crippen LogP contribution is 2.34. The molecule has 1 N–H and O–H groups in total. The lowest BCUT2D eigenvalue weighted by molar-refractivity contribution is 0.00562. The van der Waals surface area contributed by atoms with E-state index in [-0.39, 0.29) is 23.3 Å². The third kappa shape index (κ3) is 12.7. The van der Waals surface area contributed by atoms with Crippen LogP contribution in [0.15, 0.2) is 107 Å². The smallest absolute Gasteiger partial charge is 0.410 e. The minimum Gasteiger partial charge on any atom is -0.495 e. The maximum Gasteiger partial charge on any atom is 0.410 e. The molecule has 0 spiro atoms. The molecule has 73 heavy (non-hydrogen) atoms. The Balaban J connectivity index is 0.000000183. The van der Waals surface area contributed by atoms with Gasteiger partial charge in [0.1, 0.15) is 43.5 Å². The number of pyridine rings is 2. The van der Waals surface area contributed by atoms with Crippen LogP contribution in [0.5, 0.6) is 34.5 Å². The predicted molar refractivity (Wildman–Crippen MR) is 282 cm³/mol. The fourth-order valence-electron chi connectivity index (χ4n) is 10.2. The summed E-state index contributed by atoms with van der Waals surface area (Å²) in [5.74, 6) is 4.56. The minimum absolute atomic E-state index is 0.0166. The van der Waals surface area contributed by atoms with E-state index >= 15 is 0 Å². The van der Waals surface area contributed by atoms with Crippen LogP contribution in [0.2, 0.25) is 0 Å². The molecule has 388 valence electrons. The Hall–Kier alpha value is -6.75. The van der Waals surface area contributed by atoms with Crippen LogP contribution >= 0.6 is 0 Å². The first-order chi connectivity index (χ1) is 35.4. The van der Waals surface area contributed by atoms with Gasteiger partial charge in [-0.15, -0.1) is 0 Å². The van der Waals surface area contributed by atoms with Crippen molar-refractivity contribution in [3.8, 4) is 34.5 Å². The number of piperidine rings is 2. The molecule has 6 aromatic rings. The van der Waals surface area contributed by atoms with Crippen LogP contribution in [0.4, 0.5) is 4.79 Å². The first-order valence-corrected chi connectivity index (χ1v) is 25.7. The molecule has 4 aliphatic heterocycles. The maximum atomic E-state index is 13.4. The molecule has 10 rings (SSSR count). The average Bonchev–Trinajstić information content (AvgIpc) is 3.41. The fraction of sp³-hybridized carbons (Fsp3) is 0.456. The minimum atomic E-state index is -0.588. The zero-order valence-electron chi connectivity index (χ0n) is 42.9. The topological polar surface area (TPSA) is 147 Å². The van der Waals surface area contributed by atoms with Crippen molar-refractivity contribution in [3.05, 3.63) is 129 Å². The van der Waals surface area contributed by atoms with Crippen molar-refractivity contribution in [2.24, 2.45) is 0 Å². The van der Waals surface area contributed by atoms with Gasteiger partial charge in [-0.25, -0.2) is 4.79 Å². The summed E-state index contributed by atoms with van der Waals surface area (Å²) < 4.78 is 43.3. The van der Waals surface area contributed by atoms with E-state index in [1.165, 1.54) is 5.56 Å². The van der Waals surface area contributed by atoms with Gasteiger partial charge in [-0.05, 0) is 119 Å². The van der Waals surface area contributed by atoms with E-state index in [0.717, 1.165) is 122 Å². The number of fused-ring (bicyclic) bond motifs is 4. The number of rotatable bonds is 14. The number of aromatic nitrogens is 2. The maximum absolute atomic E-state index is 13.4. The first-order valence-electron chi connectivity index (χ1n) is 25.7. The zero-order valence-corrected chi connectivity index (χ0v) is 42.9. The summed E-state index contributed by atoms with van der Waals surface area (Å²) >= 11 is 0. The van der Waals surface area contributed by atoms with E-state index in [2.05, 4.69) is 27.2 Å². The fourth-order valence-corrected chi connectivity index (χ4v) is 10.2. The molecule has 16 nitrogen and oxygen atoms in total. The molecular formula is C57H70N6O10. The van der Waals surface area contributed by atoms with E-state index in [1.54, 1.807) is 30.9 Å². The number of hydrogen-bond acceptors (Lipinski definition) is 13. The SMILES string of the molecule is COc1cccc2ccc(=O)n(CCN3CCC(N(Cc4ccc5c(c4)OCCO5)C(=O)OC(C)(C)C)CC3)c12.COc1cccc2ccc(=O)n(CCN3CCC(NCc4ccc5c(c4)OCCO5)CC3)c12. The number of para-hydroxylation sites is 2. The number of nitrogens with one attached hydrogen (secondary N) is 1.